The summed E-state index contributed by atoms with van der Waals surface area (Å²) < 4.78 is 5.64. The van der Waals surface area contributed by atoms with Crippen LogP contribution in [0.25, 0.3) is 11.1 Å². The lowest BCUT2D eigenvalue weighted by molar-refractivity contribution is 0.299. The Hall–Kier alpha value is -1.55. The molecule has 0 unspecified atom stereocenters. The standard InChI is InChI=1S/C12H16N2O2/c1-2-7-14(8-9-15)12-13-10-5-3-4-6-11(10)16-12/h3-6,15H,2,7-9H2,1H3. The fraction of sp³-hybridized carbons (Fsp3) is 0.417. The third kappa shape index (κ3) is 2.17. The number of aliphatic hydroxyl groups excluding tert-OH is 1. The minimum absolute atomic E-state index is 0.110. The fourth-order valence-electron chi connectivity index (χ4n) is 1.69. The predicted octanol–water partition coefficient (Wildman–Crippen LogP) is 2.04. The maximum absolute atomic E-state index is 8.99. The second kappa shape index (κ2) is 4.99. The van der Waals surface area contributed by atoms with Gasteiger partial charge >= 0.3 is 0 Å². The summed E-state index contributed by atoms with van der Waals surface area (Å²) in [6, 6.07) is 8.27. The zero-order valence-electron chi connectivity index (χ0n) is 9.39. The minimum atomic E-state index is 0.110. The van der Waals surface area contributed by atoms with Crippen molar-refractivity contribution in [3.63, 3.8) is 0 Å². The summed E-state index contributed by atoms with van der Waals surface area (Å²) in [6.45, 7) is 3.60. The number of benzene rings is 1. The van der Waals surface area contributed by atoms with Crippen molar-refractivity contribution in [1.82, 2.24) is 4.98 Å². The quantitative estimate of drug-likeness (QED) is 0.837. The second-order valence-electron chi connectivity index (χ2n) is 3.67. The third-order valence-electron chi connectivity index (χ3n) is 2.42. The number of aromatic nitrogens is 1. The van der Waals surface area contributed by atoms with Crippen LogP contribution < -0.4 is 4.90 Å². The Kier molecular flexibility index (Phi) is 3.41. The summed E-state index contributed by atoms with van der Waals surface area (Å²) in [4.78, 5) is 6.36. The van der Waals surface area contributed by atoms with Crippen LogP contribution in [0.3, 0.4) is 0 Å². The van der Waals surface area contributed by atoms with Crippen LogP contribution in [0.1, 0.15) is 13.3 Å². The number of anilines is 1. The molecule has 1 N–H and O–H groups in total. The molecule has 4 heteroatoms. The van der Waals surface area contributed by atoms with Crippen molar-refractivity contribution in [1.29, 1.82) is 0 Å². The number of para-hydroxylation sites is 2. The molecule has 0 saturated carbocycles. The van der Waals surface area contributed by atoms with Gasteiger partial charge in [-0.15, -0.1) is 0 Å². The first-order valence-electron chi connectivity index (χ1n) is 5.56. The lowest BCUT2D eigenvalue weighted by Crippen LogP contribution is -2.27. The van der Waals surface area contributed by atoms with E-state index in [1.165, 1.54) is 0 Å². The first-order valence-corrected chi connectivity index (χ1v) is 5.56. The molecule has 1 aromatic carbocycles. The maximum Gasteiger partial charge on any atom is 0.298 e. The number of fused-ring (bicyclic) bond motifs is 1. The van der Waals surface area contributed by atoms with Crippen LogP contribution in [0.5, 0.6) is 0 Å². The van der Waals surface area contributed by atoms with Gasteiger partial charge in [0.2, 0.25) is 0 Å². The zero-order chi connectivity index (χ0) is 11.4. The van der Waals surface area contributed by atoms with E-state index in [1.54, 1.807) is 0 Å². The Morgan fingerprint density at radius 3 is 2.81 bits per heavy atom. The summed E-state index contributed by atoms with van der Waals surface area (Å²) in [7, 11) is 0. The van der Waals surface area contributed by atoms with E-state index in [9.17, 15) is 0 Å². The van der Waals surface area contributed by atoms with Gasteiger partial charge in [-0.2, -0.15) is 4.98 Å². The van der Waals surface area contributed by atoms with E-state index in [4.69, 9.17) is 9.52 Å². The van der Waals surface area contributed by atoms with Gasteiger partial charge in [0, 0.05) is 13.1 Å². The number of oxazole rings is 1. The molecule has 1 heterocycles. The van der Waals surface area contributed by atoms with Gasteiger partial charge in [0.1, 0.15) is 5.52 Å². The molecule has 2 aromatic rings. The van der Waals surface area contributed by atoms with Crippen molar-refractivity contribution in [2.24, 2.45) is 0 Å². The first-order chi connectivity index (χ1) is 7.85. The van der Waals surface area contributed by atoms with Gasteiger partial charge in [-0.25, -0.2) is 0 Å². The summed E-state index contributed by atoms with van der Waals surface area (Å²) in [6.07, 6.45) is 0.999. The second-order valence-corrected chi connectivity index (χ2v) is 3.67. The van der Waals surface area contributed by atoms with Crippen molar-refractivity contribution >= 4 is 17.1 Å². The largest absolute Gasteiger partial charge is 0.423 e. The molecule has 1 aromatic heterocycles. The lowest BCUT2D eigenvalue weighted by atomic mass is 10.3. The van der Waals surface area contributed by atoms with Crippen LogP contribution in [0.2, 0.25) is 0 Å². The highest BCUT2D eigenvalue weighted by atomic mass is 16.4. The molecule has 0 aliphatic rings. The number of aliphatic hydroxyl groups is 1. The Morgan fingerprint density at radius 2 is 2.12 bits per heavy atom. The van der Waals surface area contributed by atoms with Crippen molar-refractivity contribution < 1.29 is 9.52 Å². The molecule has 2 rings (SSSR count). The summed E-state index contributed by atoms with van der Waals surface area (Å²) in [5.41, 5.74) is 1.65. The number of rotatable bonds is 5. The van der Waals surface area contributed by atoms with Gasteiger partial charge in [-0.3, -0.25) is 0 Å². The molecule has 0 fully saturated rings. The highest BCUT2D eigenvalue weighted by Crippen LogP contribution is 2.21. The molecule has 0 spiro atoms. The van der Waals surface area contributed by atoms with Crippen molar-refractivity contribution in [3.05, 3.63) is 24.3 Å². The Balaban J connectivity index is 2.29. The number of nitrogens with zero attached hydrogens (tertiary/aromatic N) is 2. The summed E-state index contributed by atoms with van der Waals surface area (Å²) >= 11 is 0. The number of hydrogen-bond acceptors (Lipinski definition) is 4. The van der Waals surface area contributed by atoms with Gasteiger partial charge < -0.3 is 14.4 Å². The molecule has 0 atom stereocenters. The van der Waals surface area contributed by atoms with Crippen molar-refractivity contribution in [2.45, 2.75) is 13.3 Å². The number of hydrogen-bond donors (Lipinski definition) is 1. The molecule has 0 aliphatic heterocycles. The molecule has 0 radical (unpaired) electrons. The molecule has 0 amide bonds. The van der Waals surface area contributed by atoms with Gasteiger partial charge in [0.05, 0.1) is 6.61 Å². The molecule has 86 valence electrons. The van der Waals surface area contributed by atoms with E-state index in [0.717, 1.165) is 24.1 Å². The summed E-state index contributed by atoms with van der Waals surface area (Å²) in [5, 5.41) is 8.99. The average molecular weight is 220 g/mol. The Morgan fingerprint density at radius 1 is 1.31 bits per heavy atom. The third-order valence-corrected chi connectivity index (χ3v) is 2.42. The van der Waals surface area contributed by atoms with Crippen LogP contribution in [-0.4, -0.2) is 29.8 Å². The van der Waals surface area contributed by atoms with Crippen LogP contribution in [0.15, 0.2) is 28.7 Å². The molecule has 16 heavy (non-hydrogen) atoms. The van der Waals surface area contributed by atoms with Crippen LogP contribution in [-0.2, 0) is 0 Å². The highest BCUT2D eigenvalue weighted by molar-refractivity contribution is 5.74. The molecular weight excluding hydrogens is 204 g/mol. The van der Waals surface area contributed by atoms with Crippen molar-refractivity contribution in [2.75, 3.05) is 24.6 Å². The minimum Gasteiger partial charge on any atom is -0.423 e. The van der Waals surface area contributed by atoms with Crippen molar-refractivity contribution in [3.8, 4) is 0 Å². The lowest BCUT2D eigenvalue weighted by Gasteiger charge is -2.17. The van der Waals surface area contributed by atoms with Gasteiger partial charge in [0.15, 0.2) is 5.58 Å². The Labute approximate surface area is 94.5 Å². The molecular formula is C12H16N2O2. The Bertz CT molecular complexity index is 414. The van der Waals surface area contributed by atoms with Gasteiger partial charge in [-0.05, 0) is 18.6 Å². The predicted molar refractivity (Wildman–Crippen MR) is 63.6 cm³/mol. The van der Waals surface area contributed by atoms with E-state index in [0.29, 0.717) is 12.6 Å². The van der Waals surface area contributed by atoms with E-state index in [-0.39, 0.29) is 6.61 Å². The van der Waals surface area contributed by atoms with Gasteiger partial charge in [-0.1, -0.05) is 19.1 Å². The van der Waals surface area contributed by atoms with Crippen LogP contribution in [0, 0.1) is 0 Å². The maximum atomic E-state index is 8.99. The topological polar surface area (TPSA) is 49.5 Å². The SMILES string of the molecule is CCCN(CCO)c1nc2ccccc2o1. The molecule has 0 saturated heterocycles. The van der Waals surface area contributed by atoms with Crippen LogP contribution in [0.4, 0.5) is 6.01 Å². The normalized spacial score (nSPS) is 10.9. The molecule has 4 nitrogen and oxygen atoms in total. The molecule has 0 aliphatic carbocycles. The fourth-order valence-corrected chi connectivity index (χ4v) is 1.69. The first kappa shape index (κ1) is 11.0. The molecule has 0 bridgehead atoms. The monoisotopic (exact) mass is 220 g/mol. The van der Waals surface area contributed by atoms with Crippen LogP contribution >= 0.6 is 0 Å². The smallest absolute Gasteiger partial charge is 0.298 e. The van der Waals surface area contributed by atoms with E-state index >= 15 is 0 Å². The average Bonchev–Trinajstić information content (AvgIpc) is 2.72. The van der Waals surface area contributed by atoms with E-state index in [2.05, 4.69) is 11.9 Å². The van der Waals surface area contributed by atoms with E-state index < -0.39 is 0 Å². The van der Waals surface area contributed by atoms with Gasteiger partial charge in [0.25, 0.3) is 6.01 Å². The summed E-state index contributed by atoms with van der Waals surface area (Å²) in [5.74, 6) is 0. The zero-order valence-corrected chi connectivity index (χ0v) is 9.39. The highest BCUT2D eigenvalue weighted by Gasteiger charge is 2.12. The van der Waals surface area contributed by atoms with E-state index in [1.807, 2.05) is 29.2 Å².